The highest BCUT2D eigenvalue weighted by Gasteiger charge is 2.38. The molecule has 1 aliphatic heterocycles. The number of nitrogens with one attached hydrogen (secondary N) is 1. The molecule has 6 nitrogen and oxygen atoms in total. The summed E-state index contributed by atoms with van der Waals surface area (Å²) < 4.78 is 61.1. The molecular weight excluding hydrogens is 426 g/mol. The van der Waals surface area contributed by atoms with Crippen molar-refractivity contribution in [1.29, 1.82) is 0 Å². The van der Waals surface area contributed by atoms with Crippen molar-refractivity contribution in [3.63, 3.8) is 0 Å². The van der Waals surface area contributed by atoms with Crippen molar-refractivity contribution >= 4 is 27.3 Å². The van der Waals surface area contributed by atoms with Gasteiger partial charge in [-0.25, -0.2) is 17.2 Å². The molecule has 2 aromatic carbocycles. The monoisotopic (exact) mass is 452 g/mol. The van der Waals surface area contributed by atoms with E-state index in [0.29, 0.717) is 23.9 Å². The molecule has 0 aliphatic carbocycles. The Morgan fingerprint density at radius 3 is 2.42 bits per heavy atom. The quantitative estimate of drug-likeness (QED) is 0.697. The Balaban J connectivity index is 1.97. The molecule has 9 heteroatoms. The molecule has 0 fully saturated rings. The lowest BCUT2D eigenvalue weighted by Crippen LogP contribution is -2.42. The van der Waals surface area contributed by atoms with E-state index in [0.717, 1.165) is 24.6 Å². The number of nitrogens with zero attached hydrogens (tertiary/aromatic N) is 1. The zero-order valence-corrected chi connectivity index (χ0v) is 18.7. The lowest BCUT2D eigenvalue weighted by atomic mass is 9.92. The molecule has 1 heterocycles. The molecule has 2 aromatic rings. The van der Waals surface area contributed by atoms with E-state index in [2.05, 4.69) is 18.6 Å². The molecule has 0 saturated carbocycles. The highest BCUT2D eigenvalue weighted by atomic mass is 32.2. The van der Waals surface area contributed by atoms with E-state index < -0.39 is 32.0 Å². The van der Waals surface area contributed by atoms with Gasteiger partial charge in [-0.3, -0.25) is 9.52 Å². The smallest absolute Gasteiger partial charge is 0.267 e. The third-order valence-electron chi connectivity index (χ3n) is 5.03. The van der Waals surface area contributed by atoms with Crippen LogP contribution in [-0.2, 0) is 14.8 Å². The fourth-order valence-corrected chi connectivity index (χ4v) is 4.45. The SMILES string of the molecule is CC(C)CCN1C(=O)C(C)(C)COc2cc(NS(=O)(=O)c3c(F)cccc3F)ccc21. The Labute approximate surface area is 181 Å². The largest absolute Gasteiger partial charge is 0.490 e. The minimum atomic E-state index is -4.52. The number of carbonyl (C=O) groups excluding carboxylic acids is 1. The maximum absolute atomic E-state index is 14.0. The van der Waals surface area contributed by atoms with Gasteiger partial charge in [-0.05, 0) is 50.5 Å². The standard InChI is InChI=1S/C22H26F2N2O4S/c1-14(2)10-11-26-18-9-8-15(12-19(18)30-13-22(3,4)21(26)27)25-31(28,29)20-16(23)6-5-7-17(20)24/h5-9,12,14,25H,10-11,13H2,1-4H3. The number of sulfonamides is 1. The molecular formula is C22H26F2N2O4S. The number of carbonyl (C=O) groups is 1. The summed E-state index contributed by atoms with van der Waals surface area (Å²) in [6.45, 7) is 8.29. The topological polar surface area (TPSA) is 75.7 Å². The number of rotatable bonds is 6. The number of ether oxygens (including phenoxy) is 1. The second-order valence-corrected chi connectivity index (χ2v) is 10.3. The van der Waals surface area contributed by atoms with Gasteiger partial charge in [-0.1, -0.05) is 19.9 Å². The van der Waals surface area contributed by atoms with Gasteiger partial charge in [0, 0.05) is 12.6 Å². The van der Waals surface area contributed by atoms with Crippen LogP contribution in [0.15, 0.2) is 41.3 Å². The van der Waals surface area contributed by atoms with Crippen LogP contribution in [0.1, 0.15) is 34.1 Å². The summed E-state index contributed by atoms with van der Waals surface area (Å²) in [7, 11) is -4.52. The van der Waals surface area contributed by atoms with Crippen LogP contribution in [0, 0.1) is 23.0 Å². The Hall–Kier alpha value is -2.68. The van der Waals surface area contributed by atoms with E-state index in [4.69, 9.17) is 4.74 Å². The second-order valence-electron chi connectivity index (χ2n) is 8.65. The van der Waals surface area contributed by atoms with Crippen LogP contribution in [-0.4, -0.2) is 27.5 Å². The summed E-state index contributed by atoms with van der Waals surface area (Å²) in [5, 5.41) is 0. The molecule has 0 saturated heterocycles. The highest BCUT2D eigenvalue weighted by molar-refractivity contribution is 7.92. The van der Waals surface area contributed by atoms with Crippen molar-refractivity contribution in [2.45, 2.75) is 39.0 Å². The van der Waals surface area contributed by atoms with Crippen molar-refractivity contribution in [3.05, 3.63) is 48.0 Å². The zero-order valence-electron chi connectivity index (χ0n) is 17.9. The molecule has 168 valence electrons. The van der Waals surface area contributed by atoms with Crippen LogP contribution in [0.25, 0.3) is 0 Å². The average molecular weight is 453 g/mol. The van der Waals surface area contributed by atoms with Crippen molar-refractivity contribution < 1.29 is 26.7 Å². The van der Waals surface area contributed by atoms with Gasteiger partial charge >= 0.3 is 0 Å². The first-order valence-corrected chi connectivity index (χ1v) is 11.5. The van der Waals surface area contributed by atoms with E-state index in [-0.39, 0.29) is 18.2 Å². The van der Waals surface area contributed by atoms with Crippen molar-refractivity contribution in [2.75, 3.05) is 22.8 Å². The fourth-order valence-electron chi connectivity index (χ4n) is 3.27. The molecule has 1 amide bonds. The number of hydrogen-bond donors (Lipinski definition) is 1. The highest BCUT2D eigenvalue weighted by Crippen LogP contribution is 2.39. The summed E-state index contributed by atoms with van der Waals surface area (Å²) in [4.78, 5) is 13.7. The van der Waals surface area contributed by atoms with Gasteiger partial charge in [-0.15, -0.1) is 0 Å². The predicted molar refractivity (Wildman–Crippen MR) is 115 cm³/mol. The van der Waals surface area contributed by atoms with E-state index in [9.17, 15) is 22.0 Å². The molecule has 0 spiro atoms. The Bertz CT molecular complexity index is 1080. The lowest BCUT2D eigenvalue weighted by molar-refractivity contribution is -0.127. The average Bonchev–Trinajstić information content (AvgIpc) is 2.75. The molecule has 1 aliphatic rings. The van der Waals surface area contributed by atoms with Crippen LogP contribution in [0.2, 0.25) is 0 Å². The number of anilines is 2. The minimum absolute atomic E-state index is 0.0670. The number of halogens is 2. The molecule has 0 radical (unpaired) electrons. The summed E-state index contributed by atoms with van der Waals surface area (Å²) in [5.74, 6) is -1.77. The van der Waals surface area contributed by atoms with Gasteiger partial charge in [0.15, 0.2) is 4.90 Å². The van der Waals surface area contributed by atoms with E-state index >= 15 is 0 Å². The zero-order chi connectivity index (χ0) is 23.0. The molecule has 0 unspecified atom stereocenters. The second kappa shape index (κ2) is 8.45. The number of hydrogen-bond acceptors (Lipinski definition) is 4. The number of amides is 1. The van der Waals surface area contributed by atoms with Gasteiger partial charge in [0.2, 0.25) is 5.91 Å². The Morgan fingerprint density at radius 2 is 1.81 bits per heavy atom. The maximum atomic E-state index is 14.0. The lowest BCUT2D eigenvalue weighted by Gasteiger charge is -2.28. The summed E-state index contributed by atoms with van der Waals surface area (Å²) in [6, 6.07) is 7.26. The van der Waals surface area contributed by atoms with Gasteiger partial charge in [0.05, 0.1) is 16.8 Å². The van der Waals surface area contributed by atoms with Gasteiger partial charge in [0.1, 0.15) is 24.0 Å². The molecule has 0 atom stereocenters. The summed E-state index contributed by atoms with van der Waals surface area (Å²) in [6.07, 6.45) is 0.780. The third-order valence-corrected chi connectivity index (χ3v) is 6.47. The number of benzene rings is 2. The first-order valence-electron chi connectivity index (χ1n) is 9.98. The van der Waals surface area contributed by atoms with Crippen LogP contribution in [0.3, 0.4) is 0 Å². The van der Waals surface area contributed by atoms with E-state index in [1.807, 2.05) is 0 Å². The third kappa shape index (κ3) is 4.81. The van der Waals surface area contributed by atoms with Crippen LogP contribution >= 0.6 is 0 Å². The summed E-state index contributed by atoms with van der Waals surface area (Å²) in [5.41, 5.74) is -0.181. The predicted octanol–water partition coefficient (Wildman–Crippen LogP) is 4.56. The van der Waals surface area contributed by atoms with E-state index in [1.165, 1.54) is 12.1 Å². The van der Waals surface area contributed by atoms with Crippen LogP contribution < -0.4 is 14.4 Å². The molecule has 3 rings (SSSR count). The van der Waals surface area contributed by atoms with Crippen LogP contribution in [0.4, 0.5) is 20.2 Å². The van der Waals surface area contributed by atoms with E-state index in [1.54, 1.807) is 24.8 Å². The first kappa shape index (κ1) is 23.0. The van der Waals surface area contributed by atoms with Crippen molar-refractivity contribution in [3.8, 4) is 5.75 Å². The summed E-state index contributed by atoms with van der Waals surface area (Å²) >= 11 is 0. The Kier molecular flexibility index (Phi) is 6.27. The van der Waals surface area contributed by atoms with Gasteiger partial charge in [-0.2, -0.15) is 0 Å². The molecule has 31 heavy (non-hydrogen) atoms. The molecule has 0 aromatic heterocycles. The molecule has 0 bridgehead atoms. The minimum Gasteiger partial charge on any atom is -0.490 e. The van der Waals surface area contributed by atoms with Crippen molar-refractivity contribution in [2.24, 2.45) is 11.3 Å². The maximum Gasteiger partial charge on any atom is 0.267 e. The Morgan fingerprint density at radius 1 is 1.16 bits per heavy atom. The first-order chi connectivity index (χ1) is 14.4. The van der Waals surface area contributed by atoms with Crippen LogP contribution in [0.5, 0.6) is 5.75 Å². The van der Waals surface area contributed by atoms with Crippen molar-refractivity contribution in [1.82, 2.24) is 0 Å². The normalized spacial score (nSPS) is 16.0. The van der Waals surface area contributed by atoms with Gasteiger partial charge in [0.25, 0.3) is 10.0 Å². The fraction of sp³-hybridized carbons (Fsp3) is 0.409. The van der Waals surface area contributed by atoms with Gasteiger partial charge < -0.3 is 9.64 Å². The molecule has 1 N–H and O–H groups in total. The number of fused-ring (bicyclic) bond motifs is 1.